The zero-order valence-electron chi connectivity index (χ0n) is 10.6. The number of unbranched alkanes of at least 4 members (excludes halogenated alkanes) is 3. The fraction of sp³-hybridized carbons (Fsp3) is 1.00. The maximum atomic E-state index is 6.83. The molecule has 0 saturated carbocycles. The molecule has 0 nitrogen and oxygen atoms in total. The Morgan fingerprint density at radius 2 is 0.933 bits per heavy atom. The minimum absolute atomic E-state index is 1.07. The van der Waals surface area contributed by atoms with Crippen LogP contribution in [0.15, 0.2) is 0 Å². The van der Waals surface area contributed by atoms with E-state index in [1.165, 1.54) is 38.5 Å². The summed E-state index contributed by atoms with van der Waals surface area (Å²) in [5, 5.41) is -2.34. The van der Waals surface area contributed by atoms with Crippen LogP contribution in [0.1, 0.15) is 59.3 Å². The van der Waals surface area contributed by atoms with Crippen molar-refractivity contribution in [3.8, 4) is 0 Å². The molecule has 0 unspecified atom stereocenters. The summed E-state index contributed by atoms with van der Waals surface area (Å²) in [6, 6.07) is 0. The van der Waals surface area contributed by atoms with Gasteiger partial charge in [0, 0.05) is 0 Å². The zero-order valence-corrected chi connectivity index (χ0v) is 13.0. The molecule has 3 heteroatoms. The summed E-state index contributed by atoms with van der Waals surface area (Å²) in [5.74, 6) is 0. The molecule has 0 saturated heterocycles. The zero-order chi connectivity index (χ0) is 11.8. The fourth-order valence-corrected chi connectivity index (χ4v) is 7.67. The first-order chi connectivity index (χ1) is 6.96. The Kier molecular flexibility index (Phi) is 7.85. The average molecular weight is 273 g/mol. The van der Waals surface area contributed by atoms with E-state index in [2.05, 4.69) is 20.8 Å². The molecular weight excluding hydrogens is 246 g/mol. The number of hydrogen-bond donors (Lipinski definition) is 0. The Hall–Kier alpha value is 1.01. The van der Waals surface area contributed by atoms with Crippen LogP contribution in [-0.4, -0.2) is 18.5 Å². The monoisotopic (exact) mass is 272 g/mol. The van der Waals surface area contributed by atoms with Gasteiger partial charge in [0.05, 0.1) is 0 Å². The maximum absolute atomic E-state index is 6.83. The predicted molar refractivity (Wildman–Crippen MR) is 78.0 cm³/mol. The molecule has 0 atom stereocenters. The Labute approximate surface area is 106 Å². The van der Waals surface area contributed by atoms with Gasteiger partial charge < -0.3 is 0 Å². The second kappa shape index (κ2) is 7.36. The van der Waals surface area contributed by atoms with Crippen molar-refractivity contribution < 1.29 is 0 Å². The molecule has 0 aromatic heterocycles. The van der Waals surface area contributed by atoms with Gasteiger partial charge in [0.15, 0.2) is 0 Å². The molecule has 0 aliphatic rings. The van der Waals surface area contributed by atoms with Crippen LogP contribution in [0.3, 0.4) is 0 Å². The van der Waals surface area contributed by atoms with Gasteiger partial charge in [0.25, 0.3) is 0 Å². The second-order valence-electron chi connectivity index (χ2n) is 4.68. The van der Waals surface area contributed by atoms with Crippen molar-refractivity contribution in [1.82, 2.24) is 0 Å². The van der Waals surface area contributed by atoms with Crippen LogP contribution in [0.25, 0.3) is 0 Å². The summed E-state index contributed by atoms with van der Waals surface area (Å²) >= 11 is 13.7. The van der Waals surface area contributed by atoms with Crippen LogP contribution in [0.5, 0.6) is 0 Å². The molecule has 15 heavy (non-hydrogen) atoms. The van der Waals surface area contributed by atoms with Crippen molar-refractivity contribution in [1.29, 1.82) is 0 Å². The third-order valence-electron chi connectivity index (χ3n) is 2.99. The van der Waals surface area contributed by atoms with Gasteiger partial charge in [-0.25, -0.2) is 0 Å². The topological polar surface area (TPSA) is 0 Å². The van der Waals surface area contributed by atoms with E-state index < -0.39 is 5.31 Å². The summed E-state index contributed by atoms with van der Waals surface area (Å²) in [7, 11) is 0. The van der Waals surface area contributed by atoms with E-state index in [0.717, 1.165) is 18.5 Å². The van der Waals surface area contributed by atoms with E-state index in [0.29, 0.717) is 0 Å². The molecular formula is C12H27Cl2P. The standard InChI is InChI=1S/C12H27Cl2P/c1-4-7-10-15(13,14,11-8-5-2)12-9-6-3/h4-12H2,1-3H3. The molecule has 0 rings (SSSR count). The van der Waals surface area contributed by atoms with Crippen LogP contribution in [0.4, 0.5) is 0 Å². The van der Waals surface area contributed by atoms with Crippen molar-refractivity contribution in [2.75, 3.05) is 18.5 Å². The molecule has 0 radical (unpaired) electrons. The Morgan fingerprint density at radius 3 is 1.13 bits per heavy atom. The van der Waals surface area contributed by atoms with Crippen molar-refractivity contribution in [2.45, 2.75) is 59.3 Å². The molecule has 0 amide bonds. The van der Waals surface area contributed by atoms with E-state index in [1.807, 2.05) is 0 Å². The van der Waals surface area contributed by atoms with Gasteiger partial charge in [-0.05, 0) is 0 Å². The number of rotatable bonds is 9. The summed E-state index contributed by atoms with van der Waals surface area (Å²) in [4.78, 5) is 0. The normalized spacial score (nSPS) is 14.9. The van der Waals surface area contributed by atoms with Gasteiger partial charge in [-0.15, -0.1) is 0 Å². The Morgan fingerprint density at radius 1 is 0.667 bits per heavy atom. The van der Waals surface area contributed by atoms with Crippen LogP contribution in [-0.2, 0) is 0 Å². The molecule has 0 aromatic rings. The van der Waals surface area contributed by atoms with Gasteiger partial charge in [0.2, 0.25) is 0 Å². The van der Waals surface area contributed by atoms with Crippen LogP contribution in [0, 0.1) is 0 Å². The SMILES string of the molecule is CCCCP(Cl)(Cl)(CCCC)CCCC. The van der Waals surface area contributed by atoms with E-state index in [-0.39, 0.29) is 0 Å². The van der Waals surface area contributed by atoms with Crippen LogP contribution >= 0.6 is 27.8 Å². The summed E-state index contributed by atoms with van der Waals surface area (Å²) in [6.07, 6.45) is 10.4. The molecule has 0 heterocycles. The first-order valence-corrected chi connectivity index (χ1v) is 11.0. The summed E-state index contributed by atoms with van der Waals surface area (Å²) in [6.45, 7) is 6.64. The molecule has 0 spiro atoms. The third-order valence-corrected chi connectivity index (χ3v) is 9.89. The first-order valence-electron chi connectivity index (χ1n) is 6.41. The fourth-order valence-electron chi connectivity index (χ4n) is 1.84. The van der Waals surface area contributed by atoms with Crippen molar-refractivity contribution >= 4 is 27.8 Å². The molecule has 0 N–H and O–H groups in total. The van der Waals surface area contributed by atoms with Crippen molar-refractivity contribution in [3.05, 3.63) is 0 Å². The predicted octanol–water partition coefficient (Wildman–Crippen LogP) is 6.25. The van der Waals surface area contributed by atoms with Gasteiger partial charge in [0.1, 0.15) is 0 Å². The van der Waals surface area contributed by atoms with Gasteiger partial charge in [-0.2, -0.15) is 0 Å². The molecule has 0 fully saturated rings. The molecule has 0 aromatic carbocycles. The average Bonchev–Trinajstić information content (AvgIpc) is 2.22. The van der Waals surface area contributed by atoms with Gasteiger partial charge in [-0.1, -0.05) is 0 Å². The molecule has 0 aliphatic heterocycles. The van der Waals surface area contributed by atoms with E-state index in [9.17, 15) is 0 Å². The van der Waals surface area contributed by atoms with Crippen LogP contribution < -0.4 is 0 Å². The number of halogens is 2. The second-order valence-corrected chi connectivity index (χ2v) is 14.8. The van der Waals surface area contributed by atoms with Gasteiger partial charge >= 0.3 is 106 Å². The third kappa shape index (κ3) is 7.03. The molecule has 0 aliphatic carbocycles. The van der Waals surface area contributed by atoms with Crippen LogP contribution in [0.2, 0.25) is 0 Å². The van der Waals surface area contributed by atoms with Gasteiger partial charge in [-0.3, -0.25) is 0 Å². The van der Waals surface area contributed by atoms with E-state index in [1.54, 1.807) is 0 Å². The van der Waals surface area contributed by atoms with Crippen molar-refractivity contribution in [2.24, 2.45) is 0 Å². The summed E-state index contributed by atoms with van der Waals surface area (Å²) in [5.41, 5.74) is 0. The van der Waals surface area contributed by atoms with Crippen molar-refractivity contribution in [3.63, 3.8) is 0 Å². The van der Waals surface area contributed by atoms with E-state index in [4.69, 9.17) is 22.5 Å². The minimum atomic E-state index is -2.34. The molecule has 94 valence electrons. The Bertz CT molecular complexity index is 140. The van der Waals surface area contributed by atoms with E-state index >= 15 is 0 Å². The summed E-state index contributed by atoms with van der Waals surface area (Å²) < 4.78 is 0. The molecule has 0 bridgehead atoms. The Balaban J connectivity index is 4.33. The first kappa shape index (κ1) is 16.0. The quantitative estimate of drug-likeness (QED) is 0.436. The number of hydrogen-bond acceptors (Lipinski definition) is 0.